The van der Waals surface area contributed by atoms with Crippen LogP contribution in [0.1, 0.15) is 19.4 Å². The Morgan fingerprint density at radius 3 is 2.53 bits per heavy atom. The molecule has 0 spiro atoms. The number of hydrogen-bond donors (Lipinski definition) is 2. The van der Waals surface area contributed by atoms with Gasteiger partial charge in [-0.1, -0.05) is 42.5 Å². The maximum atomic E-state index is 12.0. The number of carbonyl (C=O) groups excluding carboxylic acids is 1. The maximum absolute atomic E-state index is 12.0. The molecule has 3 heteroatoms. The lowest BCUT2D eigenvalue weighted by atomic mass is 10.0. The van der Waals surface area contributed by atoms with Crippen LogP contribution in [-0.4, -0.2) is 18.0 Å². The van der Waals surface area contributed by atoms with Crippen molar-refractivity contribution in [2.75, 3.05) is 6.54 Å². The average molecular weight is 256 g/mol. The first-order chi connectivity index (χ1) is 9.00. The van der Waals surface area contributed by atoms with Gasteiger partial charge in [0.25, 0.3) is 0 Å². The number of carbonyl (C=O) groups is 1. The molecule has 0 fully saturated rings. The monoisotopic (exact) mass is 256 g/mol. The predicted octanol–water partition coefficient (Wildman–Crippen LogP) is 2.24. The molecule has 0 aliphatic heterocycles. The summed E-state index contributed by atoms with van der Waals surface area (Å²) in [5.41, 5.74) is 6.27. The van der Waals surface area contributed by atoms with Gasteiger partial charge in [0.2, 0.25) is 5.91 Å². The van der Waals surface area contributed by atoms with Crippen LogP contribution in [0.4, 0.5) is 0 Å². The van der Waals surface area contributed by atoms with Gasteiger partial charge in [0.1, 0.15) is 0 Å². The first-order valence-corrected chi connectivity index (χ1v) is 6.49. The molecule has 0 radical (unpaired) electrons. The third kappa shape index (κ3) is 3.55. The molecule has 0 saturated carbocycles. The van der Waals surface area contributed by atoms with Gasteiger partial charge in [-0.2, -0.15) is 0 Å². The molecular formula is C16H20N2O. The van der Waals surface area contributed by atoms with Crippen molar-refractivity contribution in [1.82, 2.24) is 5.32 Å². The van der Waals surface area contributed by atoms with E-state index >= 15 is 0 Å². The SMILES string of the molecule is CC(C)(CN)NC(=O)Cc1ccc2ccccc2c1. The molecule has 1 amide bonds. The molecule has 3 N–H and O–H groups in total. The second-order valence-corrected chi connectivity index (χ2v) is 5.49. The van der Waals surface area contributed by atoms with Gasteiger partial charge in [-0.05, 0) is 30.2 Å². The van der Waals surface area contributed by atoms with E-state index in [1.165, 1.54) is 5.39 Å². The highest BCUT2D eigenvalue weighted by molar-refractivity contribution is 5.85. The van der Waals surface area contributed by atoms with E-state index < -0.39 is 0 Å². The zero-order valence-electron chi connectivity index (χ0n) is 11.4. The average Bonchev–Trinajstić information content (AvgIpc) is 2.38. The standard InChI is InChI=1S/C16H20N2O/c1-16(2,11-17)18-15(19)10-12-7-8-13-5-3-4-6-14(13)9-12/h3-9H,10-11,17H2,1-2H3,(H,18,19). The molecular weight excluding hydrogens is 236 g/mol. The third-order valence-electron chi connectivity index (χ3n) is 3.17. The highest BCUT2D eigenvalue weighted by Gasteiger charge is 2.18. The second-order valence-electron chi connectivity index (χ2n) is 5.49. The molecule has 0 bridgehead atoms. The van der Waals surface area contributed by atoms with Gasteiger partial charge in [0.05, 0.1) is 6.42 Å². The lowest BCUT2D eigenvalue weighted by Gasteiger charge is -2.24. The second kappa shape index (κ2) is 5.41. The van der Waals surface area contributed by atoms with Crippen LogP contribution in [0.2, 0.25) is 0 Å². The predicted molar refractivity (Wildman–Crippen MR) is 78.9 cm³/mol. The fourth-order valence-corrected chi connectivity index (χ4v) is 2.01. The van der Waals surface area contributed by atoms with E-state index in [1.807, 2.05) is 38.1 Å². The van der Waals surface area contributed by atoms with Gasteiger partial charge in [-0.15, -0.1) is 0 Å². The summed E-state index contributed by atoms with van der Waals surface area (Å²) in [7, 11) is 0. The first kappa shape index (κ1) is 13.6. The largest absolute Gasteiger partial charge is 0.350 e. The van der Waals surface area contributed by atoms with Crippen molar-refractivity contribution in [3.63, 3.8) is 0 Å². The van der Waals surface area contributed by atoms with Crippen LogP contribution in [-0.2, 0) is 11.2 Å². The summed E-state index contributed by atoms with van der Waals surface area (Å²) in [6, 6.07) is 14.2. The zero-order valence-corrected chi connectivity index (χ0v) is 11.4. The molecule has 0 aliphatic carbocycles. The van der Waals surface area contributed by atoms with E-state index in [-0.39, 0.29) is 11.4 Å². The summed E-state index contributed by atoms with van der Waals surface area (Å²) in [4.78, 5) is 12.0. The Hall–Kier alpha value is -1.87. The van der Waals surface area contributed by atoms with E-state index in [4.69, 9.17) is 5.73 Å². The highest BCUT2D eigenvalue weighted by atomic mass is 16.1. The molecule has 2 aromatic carbocycles. The van der Waals surface area contributed by atoms with Crippen molar-refractivity contribution in [1.29, 1.82) is 0 Å². The summed E-state index contributed by atoms with van der Waals surface area (Å²) in [6.07, 6.45) is 0.383. The van der Waals surface area contributed by atoms with Crippen LogP contribution in [0.15, 0.2) is 42.5 Å². The van der Waals surface area contributed by atoms with Crippen LogP contribution in [0.3, 0.4) is 0 Å². The zero-order chi connectivity index (χ0) is 13.9. The number of benzene rings is 2. The summed E-state index contributed by atoms with van der Waals surface area (Å²) < 4.78 is 0. The Bertz CT molecular complexity index is 590. The molecule has 2 rings (SSSR count). The molecule has 0 atom stereocenters. The quantitative estimate of drug-likeness (QED) is 0.881. The summed E-state index contributed by atoms with van der Waals surface area (Å²) in [5, 5.41) is 5.29. The van der Waals surface area contributed by atoms with Crippen molar-refractivity contribution < 1.29 is 4.79 Å². The van der Waals surface area contributed by atoms with Gasteiger partial charge >= 0.3 is 0 Å². The van der Waals surface area contributed by atoms with Crippen LogP contribution in [0, 0.1) is 0 Å². The number of nitrogens with one attached hydrogen (secondary N) is 1. The summed E-state index contributed by atoms with van der Waals surface area (Å²) in [5.74, 6) is 0.00531. The Balaban J connectivity index is 2.11. The van der Waals surface area contributed by atoms with Crippen molar-refractivity contribution in [2.45, 2.75) is 25.8 Å². The van der Waals surface area contributed by atoms with Crippen molar-refractivity contribution in [2.24, 2.45) is 5.73 Å². The van der Waals surface area contributed by atoms with Crippen molar-refractivity contribution in [3.05, 3.63) is 48.0 Å². The van der Waals surface area contributed by atoms with Crippen LogP contribution < -0.4 is 11.1 Å². The van der Waals surface area contributed by atoms with E-state index in [0.717, 1.165) is 10.9 Å². The first-order valence-electron chi connectivity index (χ1n) is 6.49. The third-order valence-corrected chi connectivity index (χ3v) is 3.17. The molecule has 2 aromatic rings. The number of hydrogen-bond acceptors (Lipinski definition) is 2. The molecule has 0 aliphatic rings. The number of amides is 1. The molecule has 3 nitrogen and oxygen atoms in total. The minimum atomic E-state index is -0.353. The highest BCUT2D eigenvalue weighted by Crippen LogP contribution is 2.16. The summed E-state index contributed by atoms with van der Waals surface area (Å²) in [6.45, 7) is 4.27. The number of rotatable bonds is 4. The smallest absolute Gasteiger partial charge is 0.224 e. The Morgan fingerprint density at radius 2 is 1.84 bits per heavy atom. The van der Waals surface area contributed by atoms with Crippen molar-refractivity contribution >= 4 is 16.7 Å². The van der Waals surface area contributed by atoms with Crippen LogP contribution in [0.25, 0.3) is 10.8 Å². The lowest BCUT2D eigenvalue weighted by Crippen LogP contribution is -2.49. The fourth-order valence-electron chi connectivity index (χ4n) is 2.01. The molecule has 0 saturated heterocycles. The van der Waals surface area contributed by atoms with Gasteiger partial charge in [-0.3, -0.25) is 4.79 Å². The van der Waals surface area contributed by atoms with E-state index in [1.54, 1.807) is 0 Å². The topological polar surface area (TPSA) is 55.1 Å². The van der Waals surface area contributed by atoms with E-state index in [9.17, 15) is 4.79 Å². The van der Waals surface area contributed by atoms with Crippen LogP contribution in [0.5, 0.6) is 0 Å². The molecule has 19 heavy (non-hydrogen) atoms. The molecule has 0 aromatic heterocycles. The van der Waals surface area contributed by atoms with E-state index in [0.29, 0.717) is 13.0 Å². The summed E-state index contributed by atoms with van der Waals surface area (Å²) >= 11 is 0. The molecule has 0 heterocycles. The number of nitrogens with two attached hydrogens (primary N) is 1. The Morgan fingerprint density at radius 1 is 1.16 bits per heavy atom. The normalized spacial score (nSPS) is 11.5. The van der Waals surface area contributed by atoms with Crippen LogP contribution >= 0.6 is 0 Å². The minimum Gasteiger partial charge on any atom is -0.350 e. The van der Waals surface area contributed by atoms with Gasteiger partial charge in [0, 0.05) is 12.1 Å². The number of fused-ring (bicyclic) bond motifs is 1. The van der Waals surface area contributed by atoms with Gasteiger partial charge in [0.15, 0.2) is 0 Å². The fraction of sp³-hybridized carbons (Fsp3) is 0.312. The Kier molecular flexibility index (Phi) is 3.86. The maximum Gasteiger partial charge on any atom is 0.224 e. The molecule has 100 valence electrons. The lowest BCUT2D eigenvalue weighted by molar-refractivity contribution is -0.121. The van der Waals surface area contributed by atoms with E-state index in [2.05, 4.69) is 23.5 Å². The van der Waals surface area contributed by atoms with Gasteiger partial charge in [-0.25, -0.2) is 0 Å². The van der Waals surface area contributed by atoms with Gasteiger partial charge < -0.3 is 11.1 Å². The molecule has 0 unspecified atom stereocenters. The van der Waals surface area contributed by atoms with Crippen molar-refractivity contribution in [3.8, 4) is 0 Å². The Labute approximate surface area is 113 Å². The minimum absolute atomic E-state index is 0.00531.